The molecule has 4 heteroatoms. The van der Waals surface area contributed by atoms with Gasteiger partial charge < -0.3 is 4.74 Å². The minimum Gasteiger partial charge on any atom is -0.480 e. The zero-order chi connectivity index (χ0) is 10.7. The number of benzene rings is 1. The fourth-order valence-corrected chi connectivity index (χ4v) is 1.01. The van der Waals surface area contributed by atoms with Gasteiger partial charge in [0.2, 0.25) is 0 Å². The number of hydrogen-bond donors (Lipinski definition) is 0. The lowest BCUT2D eigenvalue weighted by Crippen LogP contribution is -2.21. The molecule has 1 aromatic carbocycles. The van der Waals surface area contributed by atoms with E-state index >= 15 is 0 Å². The summed E-state index contributed by atoms with van der Waals surface area (Å²) >= 11 is 5.54. The quantitative estimate of drug-likeness (QED) is 0.777. The number of carbonyl (C=O) groups excluding carboxylic acids is 1. The van der Waals surface area contributed by atoms with E-state index < -0.39 is 11.9 Å². The van der Waals surface area contributed by atoms with Gasteiger partial charge in [0.15, 0.2) is 23.5 Å². The first-order chi connectivity index (χ1) is 6.52. The molecule has 0 amide bonds. The van der Waals surface area contributed by atoms with Crippen LogP contribution in [0.15, 0.2) is 18.2 Å². The molecule has 14 heavy (non-hydrogen) atoms. The molecular weight excluding hydrogens is 207 g/mol. The molecule has 0 fully saturated rings. The van der Waals surface area contributed by atoms with E-state index in [1.54, 1.807) is 13.0 Å². The van der Waals surface area contributed by atoms with Crippen LogP contribution in [0, 0.1) is 5.82 Å². The van der Waals surface area contributed by atoms with Gasteiger partial charge in [-0.3, -0.25) is 4.79 Å². The van der Waals surface area contributed by atoms with Crippen molar-refractivity contribution in [1.82, 2.24) is 0 Å². The second-order valence-corrected chi connectivity index (χ2v) is 3.33. The number of carbonyl (C=O) groups is 1. The Balaban J connectivity index is 2.87. The monoisotopic (exact) mass is 216 g/mol. The van der Waals surface area contributed by atoms with E-state index in [1.807, 2.05) is 0 Å². The van der Waals surface area contributed by atoms with Crippen LogP contribution in [0.25, 0.3) is 0 Å². The molecular formula is C10H10ClFO2. The van der Waals surface area contributed by atoms with Gasteiger partial charge in [0.1, 0.15) is 0 Å². The smallest absolute Gasteiger partial charge is 0.183 e. The largest absolute Gasteiger partial charge is 0.480 e. The highest BCUT2D eigenvalue weighted by atomic mass is 35.5. The van der Waals surface area contributed by atoms with Gasteiger partial charge in [0.25, 0.3) is 0 Å². The van der Waals surface area contributed by atoms with Crippen molar-refractivity contribution in [2.75, 3.05) is 0 Å². The molecule has 1 aromatic rings. The molecule has 0 heterocycles. The molecule has 76 valence electrons. The zero-order valence-corrected chi connectivity index (χ0v) is 8.64. The third kappa shape index (κ3) is 2.45. The predicted molar refractivity (Wildman–Crippen MR) is 52.2 cm³/mol. The van der Waals surface area contributed by atoms with E-state index in [0.717, 1.165) is 0 Å². The summed E-state index contributed by atoms with van der Waals surface area (Å²) in [6.45, 7) is 2.94. The molecule has 1 rings (SSSR count). The van der Waals surface area contributed by atoms with Crippen molar-refractivity contribution in [2.24, 2.45) is 0 Å². The van der Waals surface area contributed by atoms with Gasteiger partial charge in [-0.1, -0.05) is 17.7 Å². The second kappa shape index (κ2) is 4.42. The van der Waals surface area contributed by atoms with Crippen molar-refractivity contribution in [3.05, 3.63) is 29.0 Å². The van der Waals surface area contributed by atoms with E-state index in [9.17, 15) is 9.18 Å². The van der Waals surface area contributed by atoms with Gasteiger partial charge >= 0.3 is 0 Å². The number of Topliss-reactive ketones (excluding diaryl/α,β-unsaturated/α-hetero) is 1. The molecule has 0 aromatic heterocycles. The fraction of sp³-hybridized carbons (Fsp3) is 0.300. The van der Waals surface area contributed by atoms with Crippen LogP contribution in [0.1, 0.15) is 13.8 Å². The Morgan fingerprint density at radius 2 is 2.21 bits per heavy atom. The number of rotatable bonds is 3. The first-order valence-electron chi connectivity index (χ1n) is 4.13. The Bertz CT molecular complexity index is 352. The Morgan fingerprint density at radius 1 is 1.57 bits per heavy atom. The zero-order valence-electron chi connectivity index (χ0n) is 7.88. The molecule has 0 saturated carbocycles. The van der Waals surface area contributed by atoms with Gasteiger partial charge in [-0.15, -0.1) is 0 Å². The molecule has 0 radical (unpaired) electrons. The molecule has 0 N–H and O–H groups in total. The van der Waals surface area contributed by atoms with E-state index in [4.69, 9.17) is 16.3 Å². The summed E-state index contributed by atoms with van der Waals surface area (Å²) in [7, 11) is 0. The van der Waals surface area contributed by atoms with Crippen LogP contribution >= 0.6 is 11.6 Å². The average molecular weight is 217 g/mol. The standard InChI is InChI=1S/C10H10ClFO2/c1-6(13)7(2)14-9-5-3-4-8(11)10(9)12/h3-5,7H,1-2H3. The van der Waals surface area contributed by atoms with E-state index in [-0.39, 0.29) is 16.6 Å². The Morgan fingerprint density at radius 3 is 2.79 bits per heavy atom. The van der Waals surface area contributed by atoms with Crippen molar-refractivity contribution < 1.29 is 13.9 Å². The normalized spacial score (nSPS) is 12.3. The fourth-order valence-electron chi connectivity index (χ4n) is 0.848. The molecule has 2 nitrogen and oxygen atoms in total. The summed E-state index contributed by atoms with van der Waals surface area (Å²) < 4.78 is 18.3. The van der Waals surface area contributed by atoms with Crippen molar-refractivity contribution in [3.63, 3.8) is 0 Å². The highest BCUT2D eigenvalue weighted by Crippen LogP contribution is 2.24. The van der Waals surface area contributed by atoms with Crippen molar-refractivity contribution in [1.29, 1.82) is 0 Å². The lowest BCUT2D eigenvalue weighted by molar-refractivity contribution is -0.122. The minimum atomic E-state index is -0.664. The third-order valence-electron chi connectivity index (χ3n) is 1.79. The van der Waals surface area contributed by atoms with Gasteiger partial charge in [0, 0.05) is 0 Å². The van der Waals surface area contributed by atoms with Gasteiger partial charge in [-0.25, -0.2) is 4.39 Å². The maximum atomic E-state index is 13.3. The highest BCUT2D eigenvalue weighted by Gasteiger charge is 2.13. The van der Waals surface area contributed by atoms with Crippen molar-refractivity contribution in [3.8, 4) is 5.75 Å². The topological polar surface area (TPSA) is 26.3 Å². The molecule has 1 unspecified atom stereocenters. The number of hydrogen-bond acceptors (Lipinski definition) is 2. The molecule has 0 bridgehead atoms. The van der Waals surface area contributed by atoms with Crippen LogP contribution in [0.5, 0.6) is 5.75 Å². The SMILES string of the molecule is CC(=O)C(C)Oc1cccc(Cl)c1F. The van der Waals surface area contributed by atoms with Crippen molar-refractivity contribution >= 4 is 17.4 Å². The summed E-state index contributed by atoms with van der Waals surface area (Å²) in [4.78, 5) is 10.9. The number of halogens is 2. The highest BCUT2D eigenvalue weighted by molar-refractivity contribution is 6.30. The van der Waals surface area contributed by atoms with Gasteiger partial charge in [-0.2, -0.15) is 0 Å². The average Bonchev–Trinajstić information content (AvgIpc) is 2.12. The molecule has 0 spiro atoms. The van der Waals surface area contributed by atoms with Gasteiger partial charge in [0.05, 0.1) is 5.02 Å². The summed E-state index contributed by atoms with van der Waals surface area (Å²) in [5, 5.41) is -0.0155. The Hall–Kier alpha value is -1.09. The maximum Gasteiger partial charge on any atom is 0.183 e. The predicted octanol–water partition coefficient (Wildman–Crippen LogP) is 2.84. The van der Waals surface area contributed by atoms with E-state index in [2.05, 4.69) is 0 Å². The molecule has 0 saturated heterocycles. The Kier molecular flexibility index (Phi) is 3.47. The lowest BCUT2D eigenvalue weighted by Gasteiger charge is -2.12. The first kappa shape index (κ1) is 11.0. The van der Waals surface area contributed by atoms with Crippen LogP contribution in [0.4, 0.5) is 4.39 Å². The summed E-state index contributed by atoms with van der Waals surface area (Å²) in [5.41, 5.74) is 0. The van der Waals surface area contributed by atoms with Crippen LogP contribution in [0.3, 0.4) is 0 Å². The van der Waals surface area contributed by atoms with Crippen molar-refractivity contribution in [2.45, 2.75) is 20.0 Å². The molecule has 1 atom stereocenters. The van der Waals surface area contributed by atoms with Crippen LogP contribution in [-0.2, 0) is 4.79 Å². The van der Waals surface area contributed by atoms with E-state index in [1.165, 1.54) is 19.1 Å². The first-order valence-corrected chi connectivity index (χ1v) is 4.51. The number of ether oxygens (including phenoxy) is 1. The van der Waals surface area contributed by atoms with Crippen LogP contribution in [0.2, 0.25) is 5.02 Å². The van der Waals surface area contributed by atoms with E-state index in [0.29, 0.717) is 0 Å². The summed E-state index contributed by atoms with van der Waals surface area (Å²) in [6, 6.07) is 4.41. The third-order valence-corrected chi connectivity index (χ3v) is 2.08. The van der Waals surface area contributed by atoms with Gasteiger partial charge in [-0.05, 0) is 26.0 Å². The second-order valence-electron chi connectivity index (χ2n) is 2.92. The summed E-state index contributed by atoms with van der Waals surface area (Å²) in [5.74, 6) is -0.799. The molecule has 0 aliphatic carbocycles. The Labute approximate surface area is 86.6 Å². The minimum absolute atomic E-state index is 0.000185. The molecule has 0 aliphatic heterocycles. The number of ketones is 1. The molecule has 0 aliphatic rings. The van der Waals surface area contributed by atoms with Crippen LogP contribution in [-0.4, -0.2) is 11.9 Å². The lowest BCUT2D eigenvalue weighted by atomic mass is 10.3. The maximum absolute atomic E-state index is 13.3. The van der Waals surface area contributed by atoms with Crippen LogP contribution < -0.4 is 4.74 Å². The summed E-state index contributed by atoms with van der Waals surface area (Å²) in [6.07, 6.45) is -0.664.